The van der Waals surface area contributed by atoms with Gasteiger partial charge in [-0.25, -0.2) is 4.79 Å². The fraction of sp³-hybridized carbons (Fsp3) is 0.679. The van der Waals surface area contributed by atoms with E-state index in [2.05, 4.69) is 17.6 Å². The SMILES string of the molecule is CCCCCCCCN(C(=O)C(C)NC(=O)OC(C)(C)C)C(C(=O)NCCCC)c1ccc(O)cc1. The third-order valence-corrected chi connectivity index (χ3v) is 5.74. The average molecular weight is 506 g/mol. The number of hydrogen-bond acceptors (Lipinski definition) is 5. The van der Waals surface area contributed by atoms with E-state index in [0.29, 0.717) is 18.7 Å². The normalized spacial score (nSPS) is 12.9. The molecule has 0 saturated heterocycles. The number of benzene rings is 1. The maximum absolute atomic E-state index is 13.7. The molecular formula is C28H47N3O5. The van der Waals surface area contributed by atoms with E-state index >= 15 is 0 Å². The van der Waals surface area contributed by atoms with Crippen molar-refractivity contribution in [1.82, 2.24) is 15.5 Å². The molecule has 1 aromatic rings. The lowest BCUT2D eigenvalue weighted by atomic mass is 10.0. The summed E-state index contributed by atoms with van der Waals surface area (Å²) in [5, 5.41) is 15.4. The van der Waals surface area contributed by atoms with Crippen LogP contribution in [-0.2, 0) is 14.3 Å². The number of amides is 3. The minimum Gasteiger partial charge on any atom is -0.508 e. The third-order valence-electron chi connectivity index (χ3n) is 5.74. The Morgan fingerprint density at radius 3 is 2.11 bits per heavy atom. The highest BCUT2D eigenvalue weighted by Crippen LogP contribution is 2.25. The second kappa shape index (κ2) is 16.1. The van der Waals surface area contributed by atoms with Crippen LogP contribution in [0.5, 0.6) is 5.75 Å². The molecule has 0 aliphatic heterocycles. The van der Waals surface area contributed by atoms with E-state index in [0.717, 1.165) is 44.9 Å². The van der Waals surface area contributed by atoms with Crippen LogP contribution in [0.4, 0.5) is 4.79 Å². The monoisotopic (exact) mass is 505 g/mol. The molecule has 0 spiro atoms. The van der Waals surface area contributed by atoms with Gasteiger partial charge in [0, 0.05) is 13.1 Å². The number of ether oxygens (including phenoxy) is 1. The molecule has 0 aromatic heterocycles. The van der Waals surface area contributed by atoms with Gasteiger partial charge in [-0.2, -0.15) is 0 Å². The lowest BCUT2D eigenvalue weighted by Crippen LogP contribution is -2.52. The predicted octanol–water partition coefficient (Wildman–Crippen LogP) is 5.45. The minimum absolute atomic E-state index is 0.0812. The van der Waals surface area contributed by atoms with Gasteiger partial charge in [-0.3, -0.25) is 9.59 Å². The Morgan fingerprint density at radius 1 is 0.944 bits per heavy atom. The minimum atomic E-state index is -0.886. The zero-order chi connectivity index (χ0) is 27.1. The number of rotatable bonds is 15. The Kier molecular flexibility index (Phi) is 14.0. The summed E-state index contributed by atoms with van der Waals surface area (Å²) in [7, 11) is 0. The third kappa shape index (κ3) is 11.8. The molecule has 8 nitrogen and oxygen atoms in total. The highest BCUT2D eigenvalue weighted by molar-refractivity contribution is 5.92. The molecule has 0 saturated carbocycles. The van der Waals surface area contributed by atoms with Gasteiger partial charge in [0.15, 0.2) is 0 Å². The summed E-state index contributed by atoms with van der Waals surface area (Å²) in [5.41, 5.74) is -0.0933. The number of carbonyl (C=O) groups excluding carboxylic acids is 3. The first-order valence-electron chi connectivity index (χ1n) is 13.4. The zero-order valence-electron chi connectivity index (χ0n) is 23.1. The summed E-state index contributed by atoms with van der Waals surface area (Å²) in [6.07, 6.45) is 7.29. The van der Waals surface area contributed by atoms with Gasteiger partial charge in [-0.05, 0) is 58.2 Å². The second-order valence-electron chi connectivity index (χ2n) is 10.3. The van der Waals surface area contributed by atoms with Gasteiger partial charge in [-0.15, -0.1) is 0 Å². The first kappa shape index (κ1) is 31.3. The van der Waals surface area contributed by atoms with E-state index in [1.807, 2.05) is 6.92 Å². The molecule has 2 atom stereocenters. The van der Waals surface area contributed by atoms with Crippen molar-refractivity contribution in [2.45, 2.75) is 111 Å². The fourth-order valence-corrected chi connectivity index (χ4v) is 3.84. The smallest absolute Gasteiger partial charge is 0.408 e. The summed E-state index contributed by atoms with van der Waals surface area (Å²) >= 11 is 0. The van der Waals surface area contributed by atoms with Gasteiger partial charge < -0.3 is 25.4 Å². The molecule has 2 unspecified atom stereocenters. The quantitative estimate of drug-likeness (QED) is 0.275. The summed E-state index contributed by atoms with van der Waals surface area (Å²) in [6, 6.07) is 4.57. The number of unbranched alkanes of at least 4 members (excludes halogenated alkanes) is 6. The molecule has 0 aliphatic carbocycles. The van der Waals surface area contributed by atoms with Crippen LogP contribution in [0.3, 0.4) is 0 Å². The topological polar surface area (TPSA) is 108 Å². The molecule has 0 radical (unpaired) electrons. The molecule has 1 rings (SSSR count). The van der Waals surface area contributed by atoms with Crippen LogP contribution in [0.1, 0.15) is 105 Å². The standard InChI is InChI=1S/C28H47N3O5/c1-7-9-11-12-13-14-20-31(26(34)21(3)30-27(35)36-28(4,5)6)24(25(33)29-19-10-8-2)22-15-17-23(32)18-16-22/h15-18,21,24,32H,7-14,19-20H2,1-6H3,(H,29,33)(H,30,35). The molecule has 204 valence electrons. The van der Waals surface area contributed by atoms with Crippen molar-refractivity contribution in [3.05, 3.63) is 29.8 Å². The van der Waals surface area contributed by atoms with Crippen molar-refractivity contribution in [3.8, 4) is 5.75 Å². The Balaban J connectivity index is 3.19. The molecule has 0 heterocycles. The molecule has 0 bridgehead atoms. The van der Waals surface area contributed by atoms with E-state index < -0.39 is 23.8 Å². The molecule has 0 aliphatic rings. The largest absolute Gasteiger partial charge is 0.508 e. The molecule has 8 heteroatoms. The van der Waals surface area contributed by atoms with Crippen LogP contribution in [0.25, 0.3) is 0 Å². The predicted molar refractivity (Wildman–Crippen MR) is 143 cm³/mol. The highest BCUT2D eigenvalue weighted by atomic mass is 16.6. The van der Waals surface area contributed by atoms with Crippen molar-refractivity contribution in [1.29, 1.82) is 0 Å². The van der Waals surface area contributed by atoms with Gasteiger partial charge in [0.2, 0.25) is 11.8 Å². The molecule has 1 aromatic carbocycles. The Labute approximate surface area is 217 Å². The zero-order valence-corrected chi connectivity index (χ0v) is 23.1. The van der Waals surface area contributed by atoms with Crippen molar-refractivity contribution in [2.24, 2.45) is 0 Å². The van der Waals surface area contributed by atoms with Crippen molar-refractivity contribution in [2.75, 3.05) is 13.1 Å². The van der Waals surface area contributed by atoms with E-state index in [1.165, 1.54) is 18.6 Å². The van der Waals surface area contributed by atoms with Gasteiger partial charge >= 0.3 is 6.09 Å². The number of alkyl carbamates (subject to hydrolysis) is 1. The van der Waals surface area contributed by atoms with Gasteiger partial charge in [0.05, 0.1) is 0 Å². The number of hydrogen-bond donors (Lipinski definition) is 3. The number of nitrogens with zero attached hydrogens (tertiary/aromatic N) is 1. The number of phenols is 1. The molecule has 36 heavy (non-hydrogen) atoms. The van der Waals surface area contributed by atoms with Crippen LogP contribution < -0.4 is 10.6 Å². The maximum Gasteiger partial charge on any atom is 0.408 e. The van der Waals surface area contributed by atoms with Crippen LogP contribution in [0.15, 0.2) is 24.3 Å². The number of nitrogens with one attached hydrogen (secondary N) is 2. The highest BCUT2D eigenvalue weighted by Gasteiger charge is 2.34. The number of aromatic hydroxyl groups is 1. The molecule has 0 fully saturated rings. The number of phenolic OH excluding ortho intramolecular Hbond substituents is 1. The lowest BCUT2D eigenvalue weighted by molar-refractivity contribution is -0.142. The van der Waals surface area contributed by atoms with Gasteiger partial charge in [0.25, 0.3) is 0 Å². The molecule has 3 amide bonds. The number of carbonyl (C=O) groups is 3. The first-order chi connectivity index (χ1) is 17.0. The van der Waals surface area contributed by atoms with Crippen molar-refractivity contribution in [3.63, 3.8) is 0 Å². The Bertz CT molecular complexity index is 804. The second-order valence-corrected chi connectivity index (χ2v) is 10.3. The van der Waals surface area contributed by atoms with Crippen LogP contribution in [0.2, 0.25) is 0 Å². The van der Waals surface area contributed by atoms with E-state index in [9.17, 15) is 19.5 Å². The fourth-order valence-electron chi connectivity index (χ4n) is 3.84. The lowest BCUT2D eigenvalue weighted by Gasteiger charge is -2.34. The summed E-state index contributed by atoms with van der Waals surface area (Å²) in [4.78, 5) is 40.9. The van der Waals surface area contributed by atoms with Crippen LogP contribution in [0, 0.1) is 0 Å². The Morgan fingerprint density at radius 2 is 1.53 bits per heavy atom. The van der Waals surface area contributed by atoms with E-state index in [1.54, 1.807) is 44.7 Å². The van der Waals surface area contributed by atoms with E-state index in [-0.39, 0.29) is 17.6 Å². The average Bonchev–Trinajstić information content (AvgIpc) is 2.79. The summed E-state index contributed by atoms with van der Waals surface area (Å²) < 4.78 is 5.32. The van der Waals surface area contributed by atoms with Crippen LogP contribution >= 0.6 is 0 Å². The first-order valence-corrected chi connectivity index (χ1v) is 13.4. The summed E-state index contributed by atoms with van der Waals surface area (Å²) in [5.74, 6) is -0.561. The molecule has 3 N–H and O–H groups in total. The van der Waals surface area contributed by atoms with Gasteiger partial charge in [0.1, 0.15) is 23.4 Å². The van der Waals surface area contributed by atoms with Gasteiger partial charge in [-0.1, -0.05) is 64.5 Å². The van der Waals surface area contributed by atoms with Crippen molar-refractivity contribution >= 4 is 17.9 Å². The van der Waals surface area contributed by atoms with Crippen LogP contribution in [-0.4, -0.2) is 52.6 Å². The Hall–Kier alpha value is -2.77. The maximum atomic E-state index is 13.7. The van der Waals surface area contributed by atoms with Crippen molar-refractivity contribution < 1.29 is 24.2 Å². The summed E-state index contributed by atoms with van der Waals surface area (Å²) in [6.45, 7) is 12.0. The van der Waals surface area contributed by atoms with E-state index in [4.69, 9.17) is 4.74 Å². The molecular weight excluding hydrogens is 458 g/mol.